The van der Waals surface area contributed by atoms with E-state index in [9.17, 15) is 9.59 Å². The molecule has 1 fully saturated rings. The molecule has 3 rings (SSSR count). The zero-order valence-corrected chi connectivity index (χ0v) is 14.2. The van der Waals surface area contributed by atoms with Crippen molar-refractivity contribution in [2.75, 3.05) is 5.32 Å². The van der Waals surface area contributed by atoms with Crippen LogP contribution in [0.1, 0.15) is 19.8 Å². The van der Waals surface area contributed by atoms with Crippen molar-refractivity contribution in [1.29, 1.82) is 0 Å². The van der Waals surface area contributed by atoms with E-state index in [0.717, 1.165) is 17.7 Å². The highest BCUT2D eigenvalue weighted by molar-refractivity contribution is 8.00. The second-order valence-electron chi connectivity index (χ2n) is 5.79. The van der Waals surface area contributed by atoms with E-state index in [1.807, 2.05) is 37.3 Å². The number of esters is 1. The van der Waals surface area contributed by atoms with Crippen LogP contribution in [0, 0.1) is 5.92 Å². The zero-order chi connectivity index (χ0) is 16.9. The number of benzene rings is 2. The summed E-state index contributed by atoms with van der Waals surface area (Å²) in [6.07, 6.45) is 1.91. The number of ether oxygens (including phenoxy) is 1. The van der Waals surface area contributed by atoms with Crippen molar-refractivity contribution >= 4 is 29.3 Å². The van der Waals surface area contributed by atoms with E-state index in [1.165, 1.54) is 11.8 Å². The van der Waals surface area contributed by atoms with Crippen LogP contribution in [0.25, 0.3) is 0 Å². The number of hydrogen-bond donors (Lipinski definition) is 1. The van der Waals surface area contributed by atoms with Crippen molar-refractivity contribution in [3.8, 4) is 5.75 Å². The second-order valence-corrected chi connectivity index (χ2v) is 7.20. The molecule has 0 radical (unpaired) electrons. The summed E-state index contributed by atoms with van der Waals surface area (Å²) >= 11 is 1.45. The first-order chi connectivity index (χ1) is 11.6. The summed E-state index contributed by atoms with van der Waals surface area (Å²) in [4.78, 5) is 25.1. The third-order valence-electron chi connectivity index (χ3n) is 3.66. The van der Waals surface area contributed by atoms with Crippen molar-refractivity contribution in [2.24, 2.45) is 5.92 Å². The molecule has 0 aromatic heterocycles. The van der Waals surface area contributed by atoms with E-state index in [4.69, 9.17) is 4.74 Å². The van der Waals surface area contributed by atoms with Crippen LogP contribution < -0.4 is 10.1 Å². The Morgan fingerprint density at radius 3 is 2.58 bits per heavy atom. The van der Waals surface area contributed by atoms with Crippen LogP contribution in [0.3, 0.4) is 0 Å². The summed E-state index contributed by atoms with van der Waals surface area (Å²) in [7, 11) is 0. The molecule has 0 aliphatic heterocycles. The van der Waals surface area contributed by atoms with Crippen LogP contribution in [0.5, 0.6) is 5.75 Å². The number of thioether (sulfide) groups is 1. The van der Waals surface area contributed by atoms with Crippen molar-refractivity contribution in [1.82, 2.24) is 0 Å². The minimum atomic E-state index is -0.322. The monoisotopic (exact) mass is 341 g/mol. The lowest BCUT2D eigenvalue weighted by molar-refractivity contribution is -0.133. The highest BCUT2D eigenvalue weighted by Crippen LogP contribution is 2.31. The van der Waals surface area contributed by atoms with Gasteiger partial charge >= 0.3 is 5.97 Å². The maximum Gasteiger partial charge on any atom is 0.324 e. The maximum atomic E-state index is 12.2. The van der Waals surface area contributed by atoms with Crippen molar-refractivity contribution < 1.29 is 14.3 Å². The van der Waals surface area contributed by atoms with Crippen LogP contribution in [0.15, 0.2) is 59.5 Å². The van der Waals surface area contributed by atoms with Crippen LogP contribution in [-0.4, -0.2) is 17.1 Å². The normalized spacial score (nSPS) is 14.7. The van der Waals surface area contributed by atoms with Crippen molar-refractivity contribution in [2.45, 2.75) is 29.9 Å². The van der Waals surface area contributed by atoms with Crippen LogP contribution in [0.4, 0.5) is 5.69 Å². The molecule has 1 atom stereocenters. The van der Waals surface area contributed by atoms with E-state index in [2.05, 4.69) is 5.32 Å². The van der Waals surface area contributed by atoms with Gasteiger partial charge in [-0.1, -0.05) is 24.3 Å². The van der Waals surface area contributed by atoms with E-state index in [1.54, 1.807) is 24.3 Å². The molecule has 0 spiro atoms. The number of anilines is 1. The molecular weight excluding hydrogens is 322 g/mol. The first kappa shape index (κ1) is 16.6. The van der Waals surface area contributed by atoms with Crippen LogP contribution >= 0.6 is 11.8 Å². The van der Waals surface area contributed by atoms with Gasteiger partial charge in [-0.05, 0) is 44.0 Å². The fraction of sp³-hybridized carbons (Fsp3) is 0.263. The summed E-state index contributed by atoms with van der Waals surface area (Å²) in [5, 5.41) is 2.53. The third-order valence-corrected chi connectivity index (χ3v) is 4.75. The molecule has 5 heteroatoms. The Kier molecular flexibility index (Phi) is 5.20. The molecule has 0 heterocycles. The topological polar surface area (TPSA) is 55.4 Å². The molecule has 1 aliphatic rings. The summed E-state index contributed by atoms with van der Waals surface area (Å²) in [5.41, 5.74) is 0.653. The molecule has 2 aromatic rings. The van der Waals surface area contributed by atoms with Gasteiger partial charge in [-0.2, -0.15) is 0 Å². The number of amides is 1. The molecule has 0 saturated heterocycles. The van der Waals surface area contributed by atoms with Gasteiger partial charge in [0.25, 0.3) is 0 Å². The highest BCUT2D eigenvalue weighted by Gasteiger charge is 2.29. The first-order valence-corrected chi connectivity index (χ1v) is 8.84. The summed E-state index contributed by atoms with van der Waals surface area (Å²) in [6.45, 7) is 1.82. The summed E-state index contributed by atoms with van der Waals surface area (Å²) < 4.78 is 5.44. The third kappa shape index (κ3) is 4.61. The predicted octanol–water partition coefficient (Wildman–Crippen LogP) is 4.12. The van der Waals surface area contributed by atoms with Gasteiger partial charge in [0, 0.05) is 22.6 Å². The van der Waals surface area contributed by atoms with Gasteiger partial charge < -0.3 is 10.1 Å². The molecule has 1 N–H and O–H groups in total. The Morgan fingerprint density at radius 2 is 1.88 bits per heavy atom. The van der Waals surface area contributed by atoms with Gasteiger partial charge in [0.2, 0.25) is 5.91 Å². The van der Waals surface area contributed by atoms with Crippen molar-refractivity contribution in [3.63, 3.8) is 0 Å². The molecule has 24 heavy (non-hydrogen) atoms. The lowest BCUT2D eigenvalue weighted by Crippen LogP contribution is -2.20. The summed E-state index contributed by atoms with van der Waals surface area (Å²) in [5.74, 6) is 0.300. The van der Waals surface area contributed by atoms with E-state index in [0.29, 0.717) is 11.4 Å². The highest BCUT2D eigenvalue weighted by atomic mass is 32.2. The second kappa shape index (κ2) is 7.53. The first-order valence-electron chi connectivity index (χ1n) is 7.96. The Balaban J connectivity index is 1.58. The molecule has 4 nitrogen and oxygen atoms in total. The molecule has 1 unspecified atom stereocenters. The fourth-order valence-corrected chi connectivity index (χ4v) is 3.04. The molecule has 1 saturated carbocycles. The van der Waals surface area contributed by atoms with E-state index >= 15 is 0 Å². The largest absolute Gasteiger partial charge is 0.426 e. The number of carbonyl (C=O) groups is 2. The molecule has 0 bridgehead atoms. The van der Waals surface area contributed by atoms with Gasteiger partial charge in [0.15, 0.2) is 0 Å². The number of carbonyl (C=O) groups excluding carboxylic acids is 2. The minimum absolute atomic E-state index is 0.0338. The Morgan fingerprint density at radius 1 is 1.12 bits per heavy atom. The Hall–Kier alpha value is -2.27. The molecular formula is C19H19NO3S. The minimum Gasteiger partial charge on any atom is -0.426 e. The SMILES string of the molecule is CC(Sc1ccccc1)C(=O)Oc1cccc(NC(=O)C2CC2)c1. The van der Waals surface area contributed by atoms with E-state index in [-0.39, 0.29) is 23.0 Å². The molecule has 2 aromatic carbocycles. The Labute approximate surface area is 145 Å². The summed E-state index contributed by atoms with van der Waals surface area (Å²) in [6, 6.07) is 16.7. The number of nitrogens with one attached hydrogen (secondary N) is 1. The lowest BCUT2D eigenvalue weighted by Gasteiger charge is -2.12. The van der Waals surface area contributed by atoms with Gasteiger partial charge in [0.1, 0.15) is 11.0 Å². The molecule has 1 aliphatic carbocycles. The average Bonchev–Trinajstić information content (AvgIpc) is 3.41. The lowest BCUT2D eigenvalue weighted by atomic mass is 10.3. The van der Waals surface area contributed by atoms with Crippen LogP contribution in [0.2, 0.25) is 0 Å². The molecule has 1 amide bonds. The van der Waals surface area contributed by atoms with Crippen molar-refractivity contribution in [3.05, 3.63) is 54.6 Å². The maximum absolute atomic E-state index is 12.2. The van der Waals surface area contributed by atoms with Gasteiger partial charge in [-0.25, -0.2) is 0 Å². The zero-order valence-electron chi connectivity index (χ0n) is 13.4. The standard InChI is InChI=1S/C19H19NO3S/c1-13(24-17-8-3-2-4-9-17)19(22)23-16-7-5-6-15(12-16)20-18(21)14-10-11-14/h2-9,12-14H,10-11H2,1H3,(H,20,21). The fourth-order valence-electron chi connectivity index (χ4n) is 2.18. The van der Waals surface area contributed by atoms with E-state index < -0.39 is 0 Å². The average molecular weight is 341 g/mol. The quantitative estimate of drug-likeness (QED) is 0.488. The van der Waals surface area contributed by atoms with Gasteiger partial charge in [-0.3, -0.25) is 9.59 Å². The van der Waals surface area contributed by atoms with Gasteiger partial charge in [0.05, 0.1) is 0 Å². The van der Waals surface area contributed by atoms with Crippen LogP contribution in [-0.2, 0) is 9.59 Å². The Bertz CT molecular complexity index is 728. The molecule has 124 valence electrons. The van der Waals surface area contributed by atoms with Gasteiger partial charge in [-0.15, -0.1) is 11.8 Å². The predicted molar refractivity (Wildman–Crippen MR) is 95.2 cm³/mol. The number of rotatable bonds is 6. The smallest absolute Gasteiger partial charge is 0.324 e. The number of hydrogen-bond acceptors (Lipinski definition) is 4.